The van der Waals surface area contributed by atoms with Crippen molar-refractivity contribution in [2.24, 2.45) is 0 Å². The van der Waals surface area contributed by atoms with Crippen molar-refractivity contribution < 1.29 is 8.42 Å². The summed E-state index contributed by atoms with van der Waals surface area (Å²) in [6.07, 6.45) is 1.71. The first-order chi connectivity index (χ1) is 7.97. The largest absolute Gasteiger partial charge is 0.314 e. The third-order valence-electron chi connectivity index (χ3n) is 2.93. The molecule has 0 amide bonds. The highest BCUT2D eigenvalue weighted by Gasteiger charge is 2.25. The van der Waals surface area contributed by atoms with E-state index in [1.807, 2.05) is 13.0 Å². The minimum atomic E-state index is -3.32. The van der Waals surface area contributed by atoms with Crippen LogP contribution in [0.25, 0.3) is 0 Å². The van der Waals surface area contributed by atoms with E-state index in [-0.39, 0.29) is 18.4 Å². The van der Waals surface area contributed by atoms with Gasteiger partial charge in [0.25, 0.3) is 0 Å². The zero-order valence-corrected chi connectivity index (χ0v) is 12.9. The van der Waals surface area contributed by atoms with Gasteiger partial charge in [0.2, 0.25) is 10.0 Å². The Morgan fingerprint density at radius 3 is 2.72 bits per heavy atom. The van der Waals surface area contributed by atoms with Crippen LogP contribution in [0.1, 0.15) is 24.6 Å². The van der Waals surface area contributed by atoms with Crippen LogP contribution in [0.5, 0.6) is 0 Å². The number of hydrogen-bond donors (Lipinski definition) is 2. The molecular formula is C11H19ClN2O2S2. The lowest BCUT2D eigenvalue weighted by atomic mass is 10.0. The molecule has 2 unspecified atom stereocenters. The van der Waals surface area contributed by atoms with Crippen LogP contribution in [0.4, 0.5) is 0 Å². The molecule has 2 rings (SSSR count). The lowest BCUT2D eigenvalue weighted by molar-refractivity contribution is 0.361. The van der Waals surface area contributed by atoms with Crippen molar-refractivity contribution in [3.63, 3.8) is 0 Å². The van der Waals surface area contributed by atoms with Crippen LogP contribution < -0.4 is 10.0 Å². The maximum atomic E-state index is 12.1. The molecule has 4 nitrogen and oxygen atoms in total. The van der Waals surface area contributed by atoms with Gasteiger partial charge in [-0.15, -0.1) is 23.7 Å². The number of sulfonamides is 1. The normalized spacial score (nSPS) is 24.6. The summed E-state index contributed by atoms with van der Waals surface area (Å²) in [6, 6.07) is 3.94. The van der Waals surface area contributed by atoms with E-state index in [1.165, 1.54) is 11.3 Å². The van der Waals surface area contributed by atoms with Gasteiger partial charge in [-0.25, -0.2) is 13.1 Å². The van der Waals surface area contributed by atoms with Gasteiger partial charge in [0.15, 0.2) is 0 Å². The zero-order valence-electron chi connectivity index (χ0n) is 10.5. The fraction of sp³-hybridized carbons (Fsp3) is 0.636. The smallest absolute Gasteiger partial charge is 0.250 e. The molecule has 1 aliphatic heterocycles. The average molecular weight is 311 g/mol. The van der Waals surface area contributed by atoms with Crippen LogP contribution in [-0.2, 0) is 10.0 Å². The first kappa shape index (κ1) is 15.9. The number of aryl methyl sites for hydroxylation is 1. The minimum Gasteiger partial charge on any atom is -0.314 e. The van der Waals surface area contributed by atoms with Crippen LogP contribution in [0, 0.1) is 6.92 Å². The Hall–Kier alpha value is -0.140. The number of piperidine rings is 1. The number of halogens is 1. The Kier molecular flexibility index (Phi) is 5.61. The van der Waals surface area contributed by atoms with E-state index < -0.39 is 10.0 Å². The molecule has 2 atom stereocenters. The number of rotatable bonds is 3. The number of nitrogens with one attached hydrogen (secondary N) is 2. The molecule has 1 fully saturated rings. The van der Waals surface area contributed by atoms with Gasteiger partial charge in [-0.05, 0) is 45.4 Å². The maximum absolute atomic E-state index is 12.1. The summed E-state index contributed by atoms with van der Waals surface area (Å²) in [7, 11) is -3.32. The Morgan fingerprint density at radius 2 is 2.17 bits per heavy atom. The average Bonchev–Trinajstić information content (AvgIpc) is 2.65. The van der Waals surface area contributed by atoms with E-state index in [0.717, 1.165) is 24.3 Å². The van der Waals surface area contributed by atoms with E-state index >= 15 is 0 Å². The van der Waals surface area contributed by atoms with E-state index in [9.17, 15) is 8.42 Å². The van der Waals surface area contributed by atoms with Gasteiger partial charge in [0, 0.05) is 17.0 Å². The summed E-state index contributed by atoms with van der Waals surface area (Å²) in [5.41, 5.74) is 0. The fourth-order valence-electron chi connectivity index (χ4n) is 2.07. The van der Waals surface area contributed by atoms with Gasteiger partial charge >= 0.3 is 0 Å². The van der Waals surface area contributed by atoms with Crippen molar-refractivity contribution in [1.82, 2.24) is 10.0 Å². The molecule has 0 aliphatic carbocycles. The van der Waals surface area contributed by atoms with Crippen LogP contribution in [0.15, 0.2) is 16.3 Å². The number of thiophene rings is 1. The monoisotopic (exact) mass is 310 g/mol. The highest BCUT2D eigenvalue weighted by molar-refractivity contribution is 7.91. The molecule has 1 saturated heterocycles. The summed E-state index contributed by atoms with van der Waals surface area (Å²) < 4.78 is 27.4. The lowest BCUT2D eigenvalue weighted by Gasteiger charge is -2.28. The van der Waals surface area contributed by atoms with E-state index in [4.69, 9.17) is 0 Å². The summed E-state index contributed by atoms with van der Waals surface area (Å²) in [6.45, 7) is 4.86. The molecule has 0 saturated carbocycles. The standard InChI is InChI=1S/C11H18N2O2S2.ClH/c1-8-7-10(5-6-12-8)13-17(14,15)11-4-3-9(2)16-11;/h3-4,8,10,12-13H,5-7H2,1-2H3;1H. The Bertz CT molecular complexity index is 487. The molecule has 0 spiro atoms. The van der Waals surface area contributed by atoms with E-state index in [0.29, 0.717) is 10.3 Å². The van der Waals surface area contributed by atoms with Gasteiger partial charge in [-0.1, -0.05) is 0 Å². The molecule has 2 N–H and O–H groups in total. The summed E-state index contributed by atoms with van der Waals surface area (Å²) in [5.74, 6) is 0. The predicted molar refractivity (Wildman–Crippen MR) is 77.1 cm³/mol. The van der Waals surface area contributed by atoms with Crippen molar-refractivity contribution >= 4 is 33.8 Å². The van der Waals surface area contributed by atoms with Crippen molar-refractivity contribution in [1.29, 1.82) is 0 Å². The Labute approximate surface area is 119 Å². The SMILES string of the molecule is Cc1ccc(S(=O)(=O)NC2CCNC(C)C2)s1.Cl. The summed E-state index contributed by atoms with van der Waals surface area (Å²) >= 11 is 1.32. The molecule has 0 bridgehead atoms. The van der Waals surface area contributed by atoms with Gasteiger partial charge in [0.05, 0.1) is 0 Å². The van der Waals surface area contributed by atoms with Gasteiger partial charge in [-0.2, -0.15) is 0 Å². The molecule has 18 heavy (non-hydrogen) atoms. The van der Waals surface area contributed by atoms with Crippen LogP contribution >= 0.6 is 23.7 Å². The van der Waals surface area contributed by atoms with Gasteiger partial charge in [-0.3, -0.25) is 0 Å². The molecule has 0 aromatic carbocycles. The second-order valence-electron chi connectivity index (χ2n) is 4.56. The van der Waals surface area contributed by atoms with Crippen LogP contribution in [0.2, 0.25) is 0 Å². The topological polar surface area (TPSA) is 58.2 Å². The minimum absolute atomic E-state index is 0. The highest BCUT2D eigenvalue weighted by atomic mass is 35.5. The van der Waals surface area contributed by atoms with Crippen molar-refractivity contribution in [2.45, 2.75) is 43.0 Å². The molecule has 1 aromatic heterocycles. The van der Waals surface area contributed by atoms with Crippen molar-refractivity contribution in [3.05, 3.63) is 17.0 Å². The van der Waals surface area contributed by atoms with E-state index in [1.54, 1.807) is 6.07 Å². The Morgan fingerprint density at radius 1 is 1.44 bits per heavy atom. The third-order valence-corrected chi connectivity index (χ3v) is 5.94. The van der Waals surface area contributed by atoms with Crippen molar-refractivity contribution in [2.75, 3.05) is 6.54 Å². The predicted octanol–water partition coefficient (Wildman–Crippen LogP) is 1.90. The molecular weight excluding hydrogens is 292 g/mol. The Balaban J connectivity index is 0.00000162. The second kappa shape index (κ2) is 6.34. The van der Waals surface area contributed by atoms with E-state index in [2.05, 4.69) is 17.0 Å². The van der Waals surface area contributed by atoms with Crippen LogP contribution in [-0.4, -0.2) is 27.0 Å². The second-order valence-corrected chi connectivity index (χ2v) is 7.79. The first-order valence-corrected chi connectivity index (χ1v) is 8.09. The molecule has 2 heterocycles. The molecule has 1 aromatic rings. The molecule has 0 radical (unpaired) electrons. The highest BCUT2D eigenvalue weighted by Crippen LogP contribution is 2.21. The summed E-state index contributed by atoms with van der Waals surface area (Å²) in [5, 5.41) is 3.31. The van der Waals surface area contributed by atoms with Crippen LogP contribution in [0.3, 0.4) is 0 Å². The number of hydrogen-bond acceptors (Lipinski definition) is 4. The van der Waals surface area contributed by atoms with Gasteiger partial charge < -0.3 is 5.32 Å². The first-order valence-electron chi connectivity index (χ1n) is 5.79. The quantitative estimate of drug-likeness (QED) is 0.896. The van der Waals surface area contributed by atoms with Gasteiger partial charge in [0.1, 0.15) is 4.21 Å². The molecule has 7 heteroatoms. The maximum Gasteiger partial charge on any atom is 0.250 e. The molecule has 104 valence electrons. The molecule has 1 aliphatic rings. The fourth-order valence-corrected chi connectivity index (χ4v) is 4.66. The third kappa shape index (κ3) is 3.93. The summed E-state index contributed by atoms with van der Waals surface area (Å²) in [4.78, 5) is 1.02. The van der Waals surface area contributed by atoms with Crippen molar-refractivity contribution in [3.8, 4) is 0 Å². The lowest BCUT2D eigenvalue weighted by Crippen LogP contribution is -2.46. The zero-order chi connectivity index (χ0) is 12.5.